The summed E-state index contributed by atoms with van der Waals surface area (Å²) in [6.07, 6.45) is 6.08. The second kappa shape index (κ2) is 5.95. The molecular formula is C14H18N2O. The fraction of sp³-hybridized carbons (Fsp3) is 0.357. The zero-order valence-electron chi connectivity index (χ0n) is 10.5. The van der Waals surface area contributed by atoms with Crippen LogP contribution < -0.4 is 5.32 Å². The van der Waals surface area contributed by atoms with Crippen LogP contribution in [-0.4, -0.2) is 31.1 Å². The van der Waals surface area contributed by atoms with Crippen molar-refractivity contribution < 1.29 is 4.79 Å². The number of benzene rings is 1. The summed E-state index contributed by atoms with van der Waals surface area (Å²) >= 11 is 0. The first-order chi connectivity index (χ1) is 8.02. The van der Waals surface area contributed by atoms with Crippen molar-refractivity contribution in [3.05, 3.63) is 35.4 Å². The maximum Gasteiger partial charge on any atom is 0.317 e. The highest BCUT2D eigenvalue weighted by atomic mass is 16.2. The lowest BCUT2D eigenvalue weighted by Gasteiger charge is -2.17. The van der Waals surface area contributed by atoms with Crippen molar-refractivity contribution in [3.63, 3.8) is 0 Å². The van der Waals surface area contributed by atoms with E-state index in [4.69, 9.17) is 6.42 Å². The normalized spacial score (nSPS) is 11.4. The summed E-state index contributed by atoms with van der Waals surface area (Å²) in [5.74, 6) is 2.58. The van der Waals surface area contributed by atoms with Gasteiger partial charge in [-0.15, -0.1) is 6.42 Å². The summed E-state index contributed by atoms with van der Waals surface area (Å²) in [5, 5.41) is 2.90. The number of hydrogen-bond donors (Lipinski definition) is 1. The minimum atomic E-state index is -0.0715. The van der Waals surface area contributed by atoms with Crippen LogP contribution in [-0.2, 0) is 6.42 Å². The molecule has 1 rings (SSSR count). The standard InChI is InChI=1S/C14H18N2O/c1-5-12-6-8-13(9-7-12)10-11(2)15-14(17)16(3)4/h1,6-9,11H,10H2,2-4H3,(H,15,17). The Morgan fingerprint density at radius 1 is 1.41 bits per heavy atom. The van der Waals surface area contributed by atoms with Crippen LogP contribution in [0.3, 0.4) is 0 Å². The molecule has 0 heterocycles. The smallest absolute Gasteiger partial charge is 0.317 e. The lowest BCUT2D eigenvalue weighted by molar-refractivity contribution is 0.214. The third kappa shape index (κ3) is 4.20. The van der Waals surface area contributed by atoms with Crippen molar-refractivity contribution in [2.75, 3.05) is 14.1 Å². The van der Waals surface area contributed by atoms with Crippen LogP contribution in [0.1, 0.15) is 18.1 Å². The second-order valence-corrected chi connectivity index (χ2v) is 4.29. The summed E-state index contributed by atoms with van der Waals surface area (Å²) in [6.45, 7) is 1.98. The number of carbonyl (C=O) groups is 1. The maximum absolute atomic E-state index is 11.4. The number of terminal acetylenes is 1. The molecule has 1 aromatic rings. The van der Waals surface area contributed by atoms with Gasteiger partial charge in [-0.1, -0.05) is 18.1 Å². The molecule has 0 bridgehead atoms. The van der Waals surface area contributed by atoms with E-state index in [0.717, 1.165) is 17.5 Å². The zero-order valence-corrected chi connectivity index (χ0v) is 10.5. The Labute approximate surface area is 103 Å². The molecular weight excluding hydrogens is 212 g/mol. The number of urea groups is 1. The van der Waals surface area contributed by atoms with Gasteiger partial charge in [0.2, 0.25) is 0 Å². The predicted molar refractivity (Wildman–Crippen MR) is 69.8 cm³/mol. The van der Waals surface area contributed by atoms with E-state index in [2.05, 4.69) is 11.2 Å². The zero-order chi connectivity index (χ0) is 12.8. The Balaban J connectivity index is 2.53. The Hall–Kier alpha value is -1.95. The molecule has 3 heteroatoms. The topological polar surface area (TPSA) is 32.3 Å². The molecule has 0 aliphatic rings. The minimum absolute atomic E-state index is 0.0715. The highest BCUT2D eigenvalue weighted by Crippen LogP contribution is 2.06. The second-order valence-electron chi connectivity index (χ2n) is 4.29. The van der Waals surface area contributed by atoms with E-state index in [0.29, 0.717) is 0 Å². The average molecular weight is 230 g/mol. The maximum atomic E-state index is 11.4. The third-order valence-electron chi connectivity index (χ3n) is 2.44. The number of amides is 2. The van der Waals surface area contributed by atoms with Gasteiger partial charge in [0.25, 0.3) is 0 Å². The Morgan fingerprint density at radius 3 is 2.47 bits per heavy atom. The van der Waals surface area contributed by atoms with Crippen LogP contribution in [0, 0.1) is 12.3 Å². The van der Waals surface area contributed by atoms with E-state index >= 15 is 0 Å². The fourth-order valence-electron chi connectivity index (χ4n) is 1.48. The van der Waals surface area contributed by atoms with Crippen molar-refractivity contribution in [2.24, 2.45) is 0 Å². The van der Waals surface area contributed by atoms with Gasteiger partial charge in [0.15, 0.2) is 0 Å². The van der Waals surface area contributed by atoms with E-state index in [1.807, 2.05) is 31.2 Å². The van der Waals surface area contributed by atoms with Crippen molar-refractivity contribution in [3.8, 4) is 12.3 Å². The van der Waals surface area contributed by atoms with Crippen molar-refractivity contribution in [1.82, 2.24) is 10.2 Å². The molecule has 0 aliphatic heterocycles. The molecule has 1 N–H and O–H groups in total. The Morgan fingerprint density at radius 2 is 2.00 bits per heavy atom. The summed E-state index contributed by atoms with van der Waals surface area (Å²) < 4.78 is 0. The number of nitrogens with zero attached hydrogens (tertiary/aromatic N) is 1. The summed E-state index contributed by atoms with van der Waals surface area (Å²) in [4.78, 5) is 13.0. The van der Waals surface area contributed by atoms with E-state index < -0.39 is 0 Å². The highest BCUT2D eigenvalue weighted by molar-refractivity contribution is 5.73. The average Bonchev–Trinajstić information content (AvgIpc) is 2.29. The van der Waals surface area contributed by atoms with Crippen molar-refractivity contribution >= 4 is 6.03 Å². The molecule has 0 saturated carbocycles. The van der Waals surface area contributed by atoms with Gasteiger partial charge in [-0.2, -0.15) is 0 Å². The van der Waals surface area contributed by atoms with Gasteiger partial charge in [-0.25, -0.2) is 4.79 Å². The third-order valence-corrected chi connectivity index (χ3v) is 2.44. The monoisotopic (exact) mass is 230 g/mol. The molecule has 90 valence electrons. The van der Waals surface area contributed by atoms with Gasteiger partial charge in [-0.3, -0.25) is 0 Å². The van der Waals surface area contributed by atoms with Crippen LogP contribution in [0.25, 0.3) is 0 Å². The summed E-state index contributed by atoms with van der Waals surface area (Å²) in [7, 11) is 3.45. The number of hydrogen-bond acceptors (Lipinski definition) is 1. The Kier molecular flexibility index (Phi) is 4.59. The van der Waals surface area contributed by atoms with E-state index in [1.54, 1.807) is 14.1 Å². The van der Waals surface area contributed by atoms with Crippen molar-refractivity contribution in [1.29, 1.82) is 0 Å². The molecule has 0 radical (unpaired) electrons. The first kappa shape index (κ1) is 13.1. The molecule has 0 spiro atoms. The van der Waals surface area contributed by atoms with Crippen molar-refractivity contribution in [2.45, 2.75) is 19.4 Å². The van der Waals surface area contributed by atoms with Gasteiger partial charge in [0.1, 0.15) is 0 Å². The first-order valence-electron chi connectivity index (χ1n) is 5.56. The van der Waals surface area contributed by atoms with E-state index in [1.165, 1.54) is 4.90 Å². The van der Waals surface area contributed by atoms with E-state index in [9.17, 15) is 4.79 Å². The molecule has 1 atom stereocenters. The molecule has 0 saturated heterocycles. The molecule has 2 amide bonds. The molecule has 0 fully saturated rings. The van der Waals surface area contributed by atoms with Crippen LogP contribution in [0.2, 0.25) is 0 Å². The van der Waals surface area contributed by atoms with Gasteiger partial charge in [0.05, 0.1) is 0 Å². The predicted octanol–water partition coefficient (Wildman–Crippen LogP) is 1.87. The summed E-state index contributed by atoms with van der Waals surface area (Å²) in [6, 6.07) is 7.84. The van der Waals surface area contributed by atoms with Crippen LogP contribution >= 0.6 is 0 Å². The molecule has 0 aliphatic carbocycles. The molecule has 0 aromatic heterocycles. The van der Waals surface area contributed by atoms with Crippen LogP contribution in [0.4, 0.5) is 4.79 Å². The largest absolute Gasteiger partial charge is 0.335 e. The first-order valence-corrected chi connectivity index (χ1v) is 5.56. The van der Waals surface area contributed by atoms with E-state index in [-0.39, 0.29) is 12.1 Å². The van der Waals surface area contributed by atoms with Gasteiger partial charge >= 0.3 is 6.03 Å². The number of carbonyl (C=O) groups excluding carboxylic acids is 1. The van der Waals surface area contributed by atoms with Crippen LogP contribution in [0.15, 0.2) is 24.3 Å². The number of rotatable bonds is 3. The van der Waals surface area contributed by atoms with Gasteiger partial charge in [-0.05, 0) is 31.0 Å². The SMILES string of the molecule is C#Cc1ccc(CC(C)NC(=O)N(C)C)cc1. The Bertz CT molecular complexity index is 415. The number of nitrogens with one attached hydrogen (secondary N) is 1. The highest BCUT2D eigenvalue weighted by Gasteiger charge is 2.09. The molecule has 3 nitrogen and oxygen atoms in total. The van der Waals surface area contributed by atoms with Crippen LogP contribution in [0.5, 0.6) is 0 Å². The van der Waals surface area contributed by atoms with Gasteiger partial charge in [0, 0.05) is 25.7 Å². The molecule has 1 aromatic carbocycles. The quantitative estimate of drug-likeness (QED) is 0.790. The van der Waals surface area contributed by atoms with Gasteiger partial charge < -0.3 is 10.2 Å². The fourth-order valence-corrected chi connectivity index (χ4v) is 1.48. The molecule has 1 unspecified atom stereocenters. The summed E-state index contributed by atoms with van der Waals surface area (Å²) in [5.41, 5.74) is 2.04. The lowest BCUT2D eigenvalue weighted by Crippen LogP contribution is -2.40. The minimum Gasteiger partial charge on any atom is -0.335 e. The lowest BCUT2D eigenvalue weighted by atomic mass is 10.1. The molecule has 17 heavy (non-hydrogen) atoms.